The van der Waals surface area contributed by atoms with Gasteiger partial charge in [-0.15, -0.1) is 0 Å². The Morgan fingerprint density at radius 3 is 2.62 bits per heavy atom. The summed E-state index contributed by atoms with van der Waals surface area (Å²) in [7, 11) is 0. The van der Waals surface area contributed by atoms with Crippen molar-refractivity contribution in [2.75, 3.05) is 6.61 Å². The van der Waals surface area contributed by atoms with Crippen LogP contribution < -0.4 is 0 Å². The molecule has 3 nitrogen and oxygen atoms in total. The number of phenolic OH excluding ortho intramolecular Hbond substituents is 2. The predicted molar refractivity (Wildman–Crippen MR) is 52.8 cm³/mol. The molecule has 4 heteroatoms. The Morgan fingerprint density at radius 1 is 1.38 bits per heavy atom. The number of rotatable bonds is 3. The van der Waals surface area contributed by atoms with E-state index < -0.39 is 0 Å². The van der Waals surface area contributed by atoms with Gasteiger partial charge in [-0.3, -0.25) is 0 Å². The van der Waals surface area contributed by atoms with Crippen molar-refractivity contribution in [3.8, 4) is 11.5 Å². The molecule has 0 atom stereocenters. The maximum Gasteiger partial charge on any atom is 0.171 e. The zero-order valence-electron chi connectivity index (χ0n) is 7.25. The van der Waals surface area contributed by atoms with Crippen molar-refractivity contribution in [1.82, 2.24) is 0 Å². The zero-order chi connectivity index (χ0) is 9.84. The second kappa shape index (κ2) is 4.48. The van der Waals surface area contributed by atoms with Gasteiger partial charge in [0.2, 0.25) is 0 Å². The SMILES string of the molecule is CCOCc1cc(O)c(O)c(Br)c1. The highest BCUT2D eigenvalue weighted by molar-refractivity contribution is 9.10. The highest BCUT2D eigenvalue weighted by atomic mass is 79.9. The average molecular weight is 247 g/mol. The van der Waals surface area contributed by atoms with E-state index in [4.69, 9.17) is 4.74 Å². The largest absolute Gasteiger partial charge is 0.504 e. The van der Waals surface area contributed by atoms with Crippen LogP contribution in [0.4, 0.5) is 0 Å². The standard InChI is InChI=1S/C9H11BrO3/c1-2-13-5-6-3-7(10)9(12)8(11)4-6/h3-4,11-12H,2,5H2,1H3. The highest BCUT2D eigenvalue weighted by Crippen LogP contribution is 2.34. The second-order valence-electron chi connectivity index (χ2n) is 2.58. The maximum atomic E-state index is 9.24. The van der Waals surface area contributed by atoms with E-state index >= 15 is 0 Å². The van der Waals surface area contributed by atoms with Crippen molar-refractivity contribution in [2.24, 2.45) is 0 Å². The monoisotopic (exact) mass is 246 g/mol. The molecule has 0 aliphatic heterocycles. The van der Waals surface area contributed by atoms with Crippen molar-refractivity contribution in [2.45, 2.75) is 13.5 Å². The Hall–Kier alpha value is -0.740. The third-order valence-corrected chi connectivity index (χ3v) is 2.18. The van der Waals surface area contributed by atoms with E-state index in [-0.39, 0.29) is 11.5 Å². The molecular weight excluding hydrogens is 236 g/mol. The molecular formula is C9H11BrO3. The second-order valence-corrected chi connectivity index (χ2v) is 3.44. The average Bonchev–Trinajstić information content (AvgIpc) is 2.10. The van der Waals surface area contributed by atoms with Gasteiger partial charge in [-0.25, -0.2) is 0 Å². The molecule has 0 aliphatic rings. The lowest BCUT2D eigenvalue weighted by Crippen LogP contribution is -1.91. The molecule has 13 heavy (non-hydrogen) atoms. The molecule has 0 aliphatic carbocycles. The molecule has 0 fully saturated rings. The van der Waals surface area contributed by atoms with Gasteiger partial charge in [0.05, 0.1) is 11.1 Å². The van der Waals surface area contributed by atoms with Crippen LogP contribution in [0.1, 0.15) is 12.5 Å². The summed E-state index contributed by atoms with van der Waals surface area (Å²) in [6.45, 7) is 2.96. The molecule has 1 aromatic carbocycles. The van der Waals surface area contributed by atoms with E-state index in [0.717, 1.165) is 5.56 Å². The lowest BCUT2D eigenvalue weighted by atomic mass is 10.2. The van der Waals surface area contributed by atoms with Gasteiger partial charge in [0.15, 0.2) is 11.5 Å². The first-order valence-electron chi connectivity index (χ1n) is 3.93. The van der Waals surface area contributed by atoms with E-state index in [1.807, 2.05) is 6.92 Å². The zero-order valence-corrected chi connectivity index (χ0v) is 8.84. The fourth-order valence-electron chi connectivity index (χ4n) is 0.942. The van der Waals surface area contributed by atoms with Crippen LogP contribution in [-0.4, -0.2) is 16.8 Å². The molecule has 0 bridgehead atoms. The fraction of sp³-hybridized carbons (Fsp3) is 0.333. The number of hydrogen-bond acceptors (Lipinski definition) is 3. The fourth-order valence-corrected chi connectivity index (χ4v) is 1.44. The van der Waals surface area contributed by atoms with Gasteiger partial charge in [-0.1, -0.05) is 0 Å². The molecule has 0 spiro atoms. The maximum absolute atomic E-state index is 9.24. The van der Waals surface area contributed by atoms with Gasteiger partial charge in [-0.05, 0) is 40.5 Å². The Labute approximate surface area is 85.1 Å². The van der Waals surface area contributed by atoms with Crippen LogP contribution in [0, 0.1) is 0 Å². The van der Waals surface area contributed by atoms with Gasteiger partial charge in [0.25, 0.3) is 0 Å². The molecule has 0 unspecified atom stereocenters. The molecule has 1 aromatic rings. The summed E-state index contributed by atoms with van der Waals surface area (Å²) in [6.07, 6.45) is 0. The quantitative estimate of drug-likeness (QED) is 0.806. The predicted octanol–water partition coefficient (Wildman–Crippen LogP) is 2.40. The van der Waals surface area contributed by atoms with Crippen LogP contribution in [0.25, 0.3) is 0 Å². The Bertz CT molecular complexity index is 276. The minimum absolute atomic E-state index is 0.135. The molecule has 0 radical (unpaired) electrons. The Balaban J connectivity index is 2.86. The van der Waals surface area contributed by atoms with E-state index in [9.17, 15) is 10.2 Å². The van der Waals surface area contributed by atoms with Gasteiger partial charge < -0.3 is 14.9 Å². The summed E-state index contributed by atoms with van der Waals surface area (Å²) < 4.78 is 5.63. The van der Waals surface area contributed by atoms with Gasteiger partial charge in [0.1, 0.15) is 0 Å². The third kappa shape index (κ3) is 2.60. The minimum Gasteiger partial charge on any atom is -0.504 e. The van der Waals surface area contributed by atoms with Crippen LogP contribution in [0.2, 0.25) is 0 Å². The number of hydrogen-bond donors (Lipinski definition) is 2. The first-order valence-corrected chi connectivity index (χ1v) is 4.72. The topological polar surface area (TPSA) is 49.7 Å². The molecule has 0 saturated carbocycles. The van der Waals surface area contributed by atoms with Gasteiger partial charge >= 0.3 is 0 Å². The Morgan fingerprint density at radius 2 is 2.08 bits per heavy atom. The van der Waals surface area contributed by atoms with Crippen LogP contribution in [0.15, 0.2) is 16.6 Å². The summed E-state index contributed by atoms with van der Waals surface area (Å²) in [5, 5.41) is 18.5. The van der Waals surface area contributed by atoms with Crippen molar-refractivity contribution < 1.29 is 14.9 Å². The van der Waals surface area contributed by atoms with Crippen LogP contribution in [0.3, 0.4) is 0 Å². The van der Waals surface area contributed by atoms with E-state index in [2.05, 4.69) is 15.9 Å². The summed E-state index contributed by atoms with van der Waals surface area (Å²) in [5.41, 5.74) is 0.823. The number of aromatic hydroxyl groups is 2. The summed E-state index contributed by atoms with van der Waals surface area (Å²) in [4.78, 5) is 0. The molecule has 2 N–H and O–H groups in total. The molecule has 0 saturated heterocycles. The number of ether oxygens (including phenoxy) is 1. The summed E-state index contributed by atoms with van der Waals surface area (Å²) >= 11 is 3.12. The molecule has 0 amide bonds. The number of phenols is 2. The van der Waals surface area contributed by atoms with Crippen LogP contribution in [0.5, 0.6) is 11.5 Å². The first-order chi connectivity index (χ1) is 6.15. The van der Waals surface area contributed by atoms with Crippen molar-refractivity contribution in [3.05, 3.63) is 22.2 Å². The van der Waals surface area contributed by atoms with Crippen LogP contribution >= 0.6 is 15.9 Å². The third-order valence-electron chi connectivity index (χ3n) is 1.58. The van der Waals surface area contributed by atoms with Gasteiger partial charge in [0, 0.05) is 6.61 Å². The Kier molecular flexibility index (Phi) is 3.57. The van der Waals surface area contributed by atoms with E-state index in [0.29, 0.717) is 17.7 Å². The first kappa shape index (κ1) is 10.3. The lowest BCUT2D eigenvalue weighted by molar-refractivity contribution is 0.134. The van der Waals surface area contributed by atoms with Crippen LogP contribution in [-0.2, 0) is 11.3 Å². The number of halogens is 1. The van der Waals surface area contributed by atoms with E-state index in [1.165, 1.54) is 6.07 Å². The molecule has 0 heterocycles. The molecule has 0 aromatic heterocycles. The lowest BCUT2D eigenvalue weighted by Gasteiger charge is -2.05. The van der Waals surface area contributed by atoms with Crippen molar-refractivity contribution in [1.29, 1.82) is 0 Å². The molecule has 1 rings (SSSR count). The highest BCUT2D eigenvalue weighted by Gasteiger charge is 2.06. The van der Waals surface area contributed by atoms with Crippen molar-refractivity contribution >= 4 is 15.9 Å². The summed E-state index contributed by atoms with van der Waals surface area (Å²) in [6, 6.07) is 3.19. The minimum atomic E-state index is -0.139. The summed E-state index contributed by atoms with van der Waals surface area (Å²) in [5.74, 6) is -0.274. The smallest absolute Gasteiger partial charge is 0.171 e. The van der Waals surface area contributed by atoms with Crippen molar-refractivity contribution in [3.63, 3.8) is 0 Å². The van der Waals surface area contributed by atoms with Gasteiger partial charge in [-0.2, -0.15) is 0 Å². The number of benzene rings is 1. The van der Waals surface area contributed by atoms with E-state index in [1.54, 1.807) is 6.07 Å². The normalized spacial score (nSPS) is 10.3. The molecule has 72 valence electrons.